The van der Waals surface area contributed by atoms with Crippen molar-refractivity contribution in [2.45, 2.75) is 44.8 Å². The molecule has 0 aliphatic carbocycles. The van der Waals surface area contributed by atoms with E-state index in [1.165, 1.54) is 4.90 Å². The number of β-amino-alcohol motifs (C(OH)–C–C–N with tert-alkyl or cyclic N) is 1. The van der Waals surface area contributed by atoms with Gasteiger partial charge in [0.05, 0.1) is 12.1 Å². The lowest BCUT2D eigenvalue weighted by Gasteiger charge is -2.39. The van der Waals surface area contributed by atoms with Crippen LogP contribution in [-0.4, -0.2) is 63.3 Å². The van der Waals surface area contributed by atoms with Gasteiger partial charge in [0.15, 0.2) is 0 Å². The standard InChI is InChI=1S/C13H22N2O4/c1-9-4-3-6-15(10(9)11(16)17)12(18)14-7-5-13(2,19)8-14/h9-10,19H,3-8H2,1-2H3,(H,16,17). The molecule has 2 saturated heterocycles. The van der Waals surface area contributed by atoms with Crippen LogP contribution in [0.5, 0.6) is 0 Å². The Morgan fingerprint density at radius 3 is 2.53 bits per heavy atom. The number of aliphatic hydroxyl groups is 1. The first-order valence-electron chi connectivity index (χ1n) is 6.82. The van der Waals surface area contributed by atoms with E-state index in [0.29, 0.717) is 19.5 Å². The van der Waals surface area contributed by atoms with E-state index in [2.05, 4.69) is 0 Å². The molecular formula is C13H22N2O4. The highest BCUT2D eigenvalue weighted by atomic mass is 16.4. The van der Waals surface area contributed by atoms with Gasteiger partial charge in [0.1, 0.15) is 6.04 Å². The van der Waals surface area contributed by atoms with E-state index in [1.807, 2.05) is 6.92 Å². The van der Waals surface area contributed by atoms with Gasteiger partial charge in [-0.05, 0) is 32.1 Å². The van der Waals surface area contributed by atoms with E-state index in [0.717, 1.165) is 12.8 Å². The van der Waals surface area contributed by atoms with E-state index in [-0.39, 0.29) is 18.5 Å². The van der Waals surface area contributed by atoms with E-state index in [9.17, 15) is 19.8 Å². The number of amides is 2. The average Bonchev–Trinajstić information content (AvgIpc) is 2.68. The normalized spacial score (nSPS) is 35.5. The third kappa shape index (κ3) is 2.83. The van der Waals surface area contributed by atoms with E-state index < -0.39 is 17.6 Å². The van der Waals surface area contributed by atoms with Crippen molar-refractivity contribution in [3.05, 3.63) is 0 Å². The number of hydrogen-bond donors (Lipinski definition) is 2. The zero-order valence-electron chi connectivity index (χ0n) is 11.5. The van der Waals surface area contributed by atoms with E-state index in [1.54, 1.807) is 11.8 Å². The van der Waals surface area contributed by atoms with Gasteiger partial charge < -0.3 is 20.0 Å². The topological polar surface area (TPSA) is 81.1 Å². The van der Waals surface area contributed by atoms with E-state index in [4.69, 9.17) is 0 Å². The lowest BCUT2D eigenvalue weighted by molar-refractivity contribution is -0.145. The Morgan fingerprint density at radius 2 is 2.00 bits per heavy atom. The van der Waals surface area contributed by atoms with Crippen molar-refractivity contribution in [1.82, 2.24) is 9.80 Å². The Hall–Kier alpha value is -1.30. The average molecular weight is 270 g/mol. The molecule has 2 heterocycles. The summed E-state index contributed by atoms with van der Waals surface area (Å²) in [6, 6.07) is -0.997. The van der Waals surface area contributed by atoms with Crippen molar-refractivity contribution in [3.63, 3.8) is 0 Å². The molecule has 0 aromatic rings. The minimum Gasteiger partial charge on any atom is -0.480 e. The fourth-order valence-electron chi connectivity index (χ4n) is 3.07. The van der Waals surface area contributed by atoms with Gasteiger partial charge in [-0.1, -0.05) is 6.92 Å². The van der Waals surface area contributed by atoms with Crippen molar-refractivity contribution in [1.29, 1.82) is 0 Å². The molecule has 0 spiro atoms. The van der Waals surface area contributed by atoms with Crippen LogP contribution in [0.15, 0.2) is 0 Å². The summed E-state index contributed by atoms with van der Waals surface area (Å²) in [7, 11) is 0. The number of carboxylic acid groups (broad SMARTS) is 1. The zero-order valence-corrected chi connectivity index (χ0v) is 11.5. The van der Waals surface area contributed by atoms with Crippen LogP contribution in [0.25, 0.3) is 0 Å². The molecule has 6 heteroatoms. The summed E-state index contributed by atoms with van der Waals surface area (Å²) in [6.07, 6.45) is 2.21. The van der Waals surface area contributed by atoms with Gasteiger partial charge in [-0.3, -0.25) is 0 Å². The molecule has 2 N–H and O–H groups in total. The summed E-state index contributed by atoms with van der Waals surface area (Å²) in [5.74, 6) is -0.968. The molecule has 2 amide bonds. The fraction of sp³-hybridized carbons (Fsp3) is 0.846. The molecule has 3 atom stereocenters. The molecule has 0 aromatic carbocycles. The molecule has 0 bridgehead atoms. The first-order chi connectivity index (χ1) is 8.82. The summed E-state index contributed by atoms with van der Waals surface area (Å²) in [4.78, 5) is 26.8. The summed E-state index contributed by atoms with van der Waals surface area (Å²) < 4.78 is 0. The molecule has 2 aliphatic heterocycles. The number of likely N-dealkylation sites (tertiary alicyclic amines) is 2. The Morgan fingerprint density at radius 1 is 1.32 bits per heavy atom. The number of piperidine rings is 1. The van der Waals surface area contributed by atoms with Crippen molar-refractivity contribution >= 4 is 12.0 Å². The molecule has 6 nitrogen and oxygen atoms in total. The maximum atomic E-state index is 12.4. The highest BCUT2D eigenvalue weighted by Gasteiger charge is 2.42. The highest BCUT2D eigenvalue weighted by molar-refractivity contribution is 5.83. The molecular weight excluding hydrogens is 248 g/mol. The van der Waals surface area contributed by atoms with Gasteiger partial charge in [-0.2, -0.15) is 0 Å². The predicted molar refractivity (Wildman–Crippen MR) is 68.7 cm³/mol. The summed E-state index contributed by atoms with van der Waals surface area (Å²) in [5.41, 5.74) is -0.851. The second-order valence-corrected chi connectivity index (χ2v) is 6.05. The SMILES string of the molecule is CC1CCCN(C(=O)N2CCC(C)(O)C2)C1C(=O)O. The van der Waals surface area contributed by atoms with Crippen LogP contribution in [0, 0.1) is 5.92 Å². The molecule has 3 unspecified atom stereocenters. The number of aliphatic carboxylic acids is 1. The largest absolute Gasteiger partial charge is 0.480 e. The van der Waals surface area contributed by atoms with Crippen molar-refractivity contribution in [3.8, 4) is 0 Å². The molecule has 0 saturated carbocycles. The second-order valence-electron chi connectivity index (χ2n) is 6.05. The Balaban J connectivity index is 2.11. The van der Waals surface area contributed by atoms with Gasteiger partial charge in [0.25, 0.3) is 0 Å². The number of hydrogen-bond acceptors (Lipinski definition) is 3. The van der Waals surface area contributed by atoms with Crippen LogP contribution in [0.4, 0.5) is 4.79 Å². The van der Waals surface area contributed by atoms with Crippen LogP contribution >= 0.6 is 0 Å². The van der Waals surface area contributed by atoms with Gasteiger partial charge in [-0.15, -0.1) is 0 Å². The fourth-order valence-corrected chi connectivity index (χ4v) is 3.07. The van der Waals surface area contributed by atoms with Crippen LogP contribution in [0.3, 0.4) is 0 Å². The molecule has 108 valence electrons. The number of urea groups is 1. The second kappa shape index (κ2) is 5.00. The van der Waals surface area contributed by atoms with Crippen LogP contribution < -0.4 is 0 Å². The minimum absolute atomic E-state index is 0.0293. The summed E-state index contributed by atoms with van der Waals surface area (Å²) >= 11 is 0. The Kier molecular flexibility index (Phi) is 3.71. The molecule has 2 aliphatic rings. The van der Waals surface area contributed by atoms with Gasteiger partial charge in [0.2, 0.25) is 0 Å². The monoisotopic (exact) mass is 270 g/mol. The molecule has 2 fully saturated rings. The van der Waals surface area contributed by atoms with Gasteiger partial charge in [0, 0.05) is 13.1 Å². The van der Waals surface area contributed by atoms with Gasteiger partial charge in [-0.25, -0.2) is 9.59 Å². The Bertz CT molecular complexity index is 383. The number of carbonyl (C=O) groups is 2. The molecule has 2 rings (SSSR count). The minimum atomic E-state index is -0.938. The highest BCUT2D eigenvalue weighted by Crippen LogP contribution is 2.27. The first-order valence-corrected chi connectivity index (χ1v) is 6.82. The van der Waals surface area contributed by atoms with Gasteiger partial charge >= 0.3 is 12.0 Å². The number of nitrogens with zero attached hydrogens (tertiary/aromatic N) is 2. The van der Waals surface area contributed by atoms with Crippen LogP contribution in [-0.2, 0) is 4.79 Å². The maximum Gasteiger partial charge on any atom is 0.326 e. The number of carbonyl (C=O) groups excluding carboxylic acids is 1. The quantitative estimate of drug-likeness (QED) is 0.736. The summed E-state index contributed by atoms with van der Waals surface area (Å²) in [6.45, 7) is 4.83. The third-order valence-electron chi connectivity index (χ3n) is 4.15. The molecule has 0 radical (unpaired) electrons. The lowest BCUT2D eigenvalue weighted by atomic mass is 9.91. The Labute approximate surface area is 113 Å². The maximum absolute atomic E-state index is 12.4. The van der Waals surface area contributed by atoms with Crippen LogP contribution in [0.1, 0.15) is 33.1 Å². The van der Waals surface area contributed by atoms with E-state index >= 15 is 0 Å². The van der Waals surface area contributed by atoms with Crippen molar-refractivity contribution in [2.75, 3.05) is 19.6 Å². The molecule has 19 heavy (non-hydrogen) atoms. The zero-order chi connectivity index (χ0) is 14.2. The first kappa shape index (κ1) is 14.1. The van der Waals surface area contributed by atoms with Crippen molar-refractivity contribution in [2.24, 2.45) is 5.92 Å². The third-order valence-corrected chi connectivity index (χ3v) is 4.15. The predicted octanol–water partition coefficient (Wildman–Crippen LogP) is 0.748. The number of carboxylic acids is 1. The summed E-state index contributed by atoms with van der Waals surface area (Å²) in [5, 5.41) is 19.2. The van der Waals surface area contributed by atoms with Crippen molar-refractivity contribution < 1.29 is 19.8 Å². The van der Waals surface area contributed by atoms with Crippen LogP contribution in [0.2, 0.25) is 0 Å². The number of rotatable bonds is 1. The lowest BCUT2D eigenvalue weighted by Crippen LogP contribution is -2.55. The molecule has 0 aromatic heterocycles. The smallest absolute Gasteiger partial charge is 0.326 e.